The van der Waals surface area contributed by atoms with E-state index < -0.39 is 0 Å². The second kappa shape index (κ2) is 6.53. The zero-order chi connectivity index (χ0) is 15.4. The number of anilines is 1. The molecule has 3 N–H and O–H groups in total. The summed E-state index contributed by atoms with van der Waals surface area (Å²) in [6.07, 6.45) is 0.684. The molecule has 21 heavy (non-hydrogen) atoms. The number of thiazole rings is 1. The van der Waals surface area contributed by atoms with Crippen molar-refractivity contribution in [2.45, 2.75) is 26.8 Å². The van der Waals surface area contributed by atoms with Crippen LogP contribution in [0.2, 0.25) is 0 Å². The highest BCUT2D eigenvalue weighted by Crippen LogP contribution is 2.19. The molecule has 0 unspecified atom stereocenters. The van der Waals surface area contributed by atoms with Crippen LogP contribution in [-0.4, -0.2) is 22.0 Å². The molecule has 0 atom stereocenters. The van der Waals surface area contributed by atoms with Crippen LogP contribution in [0.5, 0.6) is 0 Å². The lowest BCUT2D eigenvalue weighted by Gasteiger charge is -2.09. The molecule has 0 aliphatic heterocycles. The zero-order valence-corrected chi connectivity index (χ0v) is 12.9. The maximum absolute atomic E-state index is 12.0. The van der Waals surface area contributed by atoms with Crippen LogP contribution in [0.25, 0.3) is 0 Å². The summed E-state index contributed by atoms with van der Waals surface area (Å²) in [5, 5.41) is 3.22. The van der Waals surface area contributed by atoms with Gasteiger partial charge in [0.2, 0.25) is 0 Å². The van der Waals surface area contributed by atoms with Crippen molar-refractivity contribution < 1.29 is 4.79 Å². The van der Waals surface area contributed by atoms with Crippen LogP contribution in [-0.2, 0) is 6.54 Å². The fourth-order valence-corrected chi connectivity index (χ4v) is 2.81. The number of carbonyl (C=O) groups excluding carboxylic acids is 1. The number of pyridine rings is 1. The van der Waals surface area contributed by atoms with E-state index in [0.29, 0.717) is 35.2 Å². The van der Waals surface area contributed by atoms with Gasteiger partial charge in [0.05, 0.1) is 5.69 Å². The monoisotopic (exact) mass is 306 g/mol. The van der Waals surface area contributed by atoms with Gasteiger partial charge < -0.3 is 15.6 Å². The number of nitrogen functional groups attached to an aromatic ring is 1. The molecular weight excluding hydrogens is 288 g/mol. The van der Waals surface area contributed by atoms with Gasteiger partial charge >= 0.3 is 0 Å². The number of carbonyl (C=O) groups is 1. The molecule has 112 valence electrons. The smallest absolute Gasteiger partial charge is 0.263 e. The Kier molecular flexibility index (Phi) is 4.74. The van der Waals surface area contributed by atoms with Gasteiger partial charge in [-0.05, 0) is 26.3 Å². The summed E-state index contributed by atoms with van der Waals surface area (Å²) in [5.41, 5.74) is 7.11. The summed E-state index contributed by atoms with van der Waals surface area (Å²) in [6.45, 7) is 4.73. The SMILES string of the molecule is Cc1nc(N)sc1C(=O)NCCCn1c(C)cccc1=O. The summed E-state index contributed by atoms with van der Waals surface area (Å²) in [5.74, 6) is -0.168. The van der Waals surface area contributed by atoms with Crippen molar-refractivity contribution in [2.24, 2.45) is 0 Å². The molecule has 0 aliphatic rings. The Balaban J connectivity index is 1.86. The van der Waals surface area contributed by atoms with Gasteiger partial charge in [-0.15, -0.1) is 0 Å². The number of hydrogen-bond acceptors (Lipinski definition) is 5. The Morgan fingerprint density at radius 1 is 1.43 bits per heavy atom. The number of amides is 1. The van der Waals surface area contributed by atoms with E-state index in [4.69, 9.17) is 5.73 Å². The third-order valence-corrected chi connectivity index (χ3v) is 4.12. The number of aryl methyl sites for hydroxylation is 2. The number of nitrogens with one attached hydrogen (secondary N) is 1. The van der Waals surface area contributed by atoms with Gasteiger partial charge in [-0.25, -0.2) is 4.98 Å². The van der Waals surface area contributed by atoms with Crippen LogP contribution in [0.3, 0.4) is 0 Å². The van der Waals surface area contributed by atoms with Gasteiger partial charge in [0.1, 0.15) is 4.88 Å². The molecule has 0 aliphatic carbocycles. The second-order valence-corrected chi connectivity index (χ2v) is 5.76. The van der Waals surface area contributed by atoms with Crippen molar-refractivity contribution >= 4 is 22.4 Å². The molecule has 0 saturated heterocycles. The molecule has 1 amide bonds. The molecule has 0 spiro atoms. The molecular formula is C14H18N4O2S. The predicted octanol–water partition coefficient (Wildman–Crippen LogP) is 1.32. The highest BCUT2D eigenvalue weighted by atomic mass is 32.1. The minimum absolute atomic E-state index is 0.0209. The summed E-state index contributed by atoms with van der Waals surface area (Å²) in [6, 6.07) is 5.17. The molecule has 0 saturated carbocycles. The molecule has 7 heteroatoms. The summed E-state index contributed by atoms with van der Waals surface area (Å²) >= 11 is 1.18. The van der Waals surface area contributed by atoms with Crippen LogP contribution in [0.4, 0.5) is 5.13 Å². The lowest BCUT2D eigenvalue weighted by atomic mass is 10.3. The second-order valence-electron chi connectivity index (χ2n) is 4.73. The number of rotatable bonds is 5. The van der Waals surface area contributed by atoms with E-state index in [-0.39, 0.29) is 11.5 Å². The van der Waals surface area contributed by atoms with E-state index in [1.165, 1.54) is 17.4 Å². The summed E-state index contributed by atoms with van der Waals surface area (Å²) in [7, 11) is 0. The van der Waals surface area contributed by atoms with Crippen molar-refractivity contribution in [3.05, 3.63) is 44.8 Å². The molecule has 2 rings (SSSR count). The molecule has 2 aromatic rings. The van der Waals surface area contributed by atoms with Crippen LogP contribution >= 0.6 is 11.3 Å². The first-order chi connectivity index (χ1) is 9.99. The fraction of sp³-hybridized carbons (Fsp3) is 0.357. The van der Waals surface area contributed by atoms with Gasteiger partial charge in [-0.3, -0.25) is 9.59 Å². The van der Waals surface area contributed by atoms with Gasteiger partial charge in [0.25, 0.3) is 11.5 Å². The van der Waals surface area contributed by atoms with Crippen molar-refractivity contribution in [2.75, 3.05) is 12.3 Å². The minimum Gasteiger partial charge on any atom is -0.375 e. The highest BCUT2D eigenvalue weighted by Gasteiger charge is 2.13. The first kappa shape index (κ1) is 15.2. The van der Waals surface area contributed by atoms with Crippen LogP contribution in [0.1, 0.15) is 27.5 Å². The lowest BCUT2D eigenvalue weighted by molar-refractivity contribution is 0.0956. The van der Waals surface area contributed by atoms with Gasteiger partial charge in [-0.2, -0.15) is 0 Å². The molecule has 6 nitrogen and oxygen atoms in total. The Labute approximate surface area is 126 Å². The third kappa shape index (κ3) is 3.69. The lowest BCUT2D eigenvalue weighted by Crippen LogP contribution is -2.27. The number of nitrogens with two attached hydrogens (primary N) is 1. The zero-order valence-electron chi connectivity index (χ0n) is 12.0. The molecule has 0 aromatic carbocycles. The fourth-order valence-electron chi connectivity index (χ4n) is 2.06. The van der Waals surface area contributed by atoms with E-state index in [1.54, 1.807) is 17.6 Å². The average molecular weight is 306 g/mol. The van der Waals surface area contributed by atoms with Gasteiger partial charge in [-0.1, -0.05) is 17.4 Å². The van der Waals surface area contributed by atoms with Crippen LogP contribution in [0.15, 0.2) is 23.0 Å². The Morgan fingerprint density at radius 3 is 2.81 bits per heavy atom. The molecule has 2 aromatic heterocycles. The predicted molar refractivity (Wildman–Crippen MR) is 83.7 cm³/mol. The minimum atomic E-state index is -0.168. The van der Waals surface area contributed by atoms with Crippen molar-refractivity contribution in [1.29, 1.82) is 0 Å². The Bertz CT molecular complexity index is 705. The van der Waals surface area contributed by atoms with E-state index in [9.17, 15) is 9.59 Å². The number of hydrogen-bond donors (Lipinski definition) is 2. The summed E-state index contributed by atoms with van der Waals surface area (Å²) in [4.78, 5) is 28.2. The first-order valence-corrected chi connectivity index (χ1v) is 7.48. The third-order valence-electron chi connectivity index (χ3n) is 3.13. The van der Waals surface area contributed by atoms with E-state index in [0.717, 1.165) is 5.69 Å². The Hall–Kier alpha value is -2.15. The van der Waals surface area contributed by atoms with Crippen LogP contribution in [0, 0.1) is 13.8 Å². The summed E-state index contributed by atoms with van der Waals surface area (Å²) < 4.78 is 1.70. The van der Waals surface area contributed by atoms with Crippen molar-refractivity contribution in [1.82, 2.24) is 14.9 Å². The van der Waals surface area contributed by atoms with Crippen molar-refractivity contribution in [3.8, 4) is 0 Å². The average Bonchev–Trinajstić information content (AvgIpc) is 2.76. The molecule has 2 heterocycles. The standard InChI is InChI=1S/C14H18N4O2S/c1-9-5-3-6-11(19)18(9)8-4-7-16-13(20)12-10(2)17-14(15)21-12/h3,5-6H,4,7-8H2,1-2H3,(H2,15,17)(H,16,20). The molecule has 0 radical (unpaired) electrons. The topological polar surface area (TPSA) is 90.0 Å². The van der Waals surface area contributed by atoms with Gasteiger partial charge in [0.15, 0.2) is 5.13 Å². The van der Waals surface area contributed by atoms with Crippen molar-refractivity contribution in [3.63, 3.8) is 0 Å². The van der Waals surface area contributed by atoms with E-state index in [2.05, 4.69) is 10.3 Å². The maximum Gasteiger partial charge on any atom is 0.263 e. The van der Waals surface area contributed by atoms with E-state index in [1.807, 2.05) is 13.0 Å². The van der Waals surface area contributed by atoms with Gasteiger partial charge in [0, 0.05) is 24.8 Å². The van der Waals surface area contributed by atoms with Crippen LogP contribution < -0.4 is 16.6 Å². The maximum atomic E-state index is 12.0. The van der Waals surface area contributed by atoms with E-state index >= 15 is 0 Å². The quantitative estimate of drug-likeness (QED) is 0.815. The number of aromatic nitrogens is 2. The molecule has 0 fully saturated rings. The Morgan fingerprint density at radius 2 is 2.19 bits per heavy atom. The largest absolute Gasteiger partial charge is 0.375 e. The molecule has 0 bridgehead atoms. The number of nitrogens with zero attached hydrogens (tertiary/aromatic N) is 2. The highest BCUT2D eigenvalue weighted by molar-refractivity contribution is 7.17. The first-order valence-electron chi connectivity index (χ1n) is 6.66. The normalized spacial score (nSPS) is 10.6.